The molecule has 2 nitrogen and oxygen atoms in total. The van der Waals surface area contributed by atoms with E-state index in [1.54, 1.807) is 0 Å². The zero-order valence-electron chi connectivity index (χ0n) is 9.12. The van der Waals surface area contributed by atoms with Crippen LogP contribution in [0.1, 0.15) is 18.9 Å². The number of nitriles is 1. The largest absolute Gasteiger partial charge is 0.374 e. The van der Waals surface area contributed by atoms with Gasteiger partial charge in [-0.25, -0.2) is 0 Å². The van der Waals surface area contributed by atoms with Gasteiger partial charge in [0.15, 0.2) is 0 Å². The van der Waals surface area contributed by atoms with Crippen LogP contribution in [0.15, 0.2) is 24.3 Å². The van der Waals surface area contributed by atoms with Crippen LogP contribution < -0.4 is 4.90 Å². The summed E-state index contributed by atoms with van der Waals surface area (Å²) in [6.45, 7) is 2.76. The molecule has 0 unspecified atom stereocenters. The molecule has 0 aliphatic rings. The van der Waals surface area contributed by atoms with Gasteiger partial charge in [0.2, 0.25) is 0 Å². The fourth-order valence-corrected chi connectivity index (χ4v) is 1.27. The highest BCUT2D eigenvalue weighted by Crippen LogP contribution is 2.13. The second-order valence-electron chi connectivity index (χ2n) is 3.26. The van der Waals surface area contributed by atoms with E-state index in [0.717, 1.165) is 18.7 Å². The summed E-state index contributed by atoms with van der Waals surface area (Å²) in [6, 6.07) is 9.68. The molecule has 15 heavy (non-hydrogen) atoms. The predicted molar refractivity (Wildman–Crippen MR) is 62.5 cm³/mol. The van der Waals surface area contributed by atoms with Crippen LogP contribution in [0.25, 0.3) is 0 Å². The monoisotopic (exact) mass is 198 g/mol. The maximum absolute atomic E-state index is 8.66. The lowest BCUT2D eigenvalue weighted by atomic mass is 10.2. The van der Waals surface area contributed by atoms with Gasteiger partial charge in [0, 0.05) is 25.7 Å². The third-order valence-corrected chi connectivity index (χ3v) is 2.19. The summed E-state index contributed by atoms with van der Waals surface area (Å²) >= 11 is 0. The summed E-state index contributed by atoms with van der Waals surface area (Å²) in [6.07, 6.45) is 0.868. The number of hydrogen-bond donors (Lipinski definition) is 0. The van der Waals surface area contributed by atoms with Crippen LogP contribution in [0.3, 0.4) is 0 Å². The van der Waals surface area contributed by atoms with E-state index in [0.29, 0.717) is 5.56 Å². The highest BCUT2D eigenvalue weighted by atomic mass is 15.1. The van der Waals surface area contributed by atoms with Crippen LogP contribution in [0.5, 0.6) is 0 Å². The van der Waals surface area contributed by atoms with Crippen molar-refractivity contribution in [1.82, 2.24) is 0 Å². The van der Waals surface area contributed by atoms with E-state index < -0.39 is 0 Å². The Hall–Kier alpha value is -1.93. The highest BCUT2D eigenvalue weighted by molar-refractivity contribution is 5.49. The average Bonchev–Trinajstić information content (AvgIpc) is 2.29. The first kappa shape index (κ1) is 11.1. The van der Waals surface area contributed by atoms with Gasteiger partial charge in [-0.3, -0.25) is 0 Å². The van der Waals surface area contributed by atoms with Gasteiger partial charge in [-0.15, -0.1) is 11.8 Å². The Balaban J connectivity index is 2.61. The van der Waals surface area contributed by atoms with E-state index in [2.05, 4.69) is 22.8 Å². The topological polar surface area (TPSA) is 27.0 Å². The lowest BCUT2D eigenvalue weighted by Crippen LogP contribution is -2.17. The van der Waals surface area contributed by atoms with E-state index in [1.165, 1.54) is 0 Å². The summed E-state index contributed by atoms with van der Waals surface area (Å²) in [4.78, 5) is 2.13. The van der Waals surface area contributed by atoms with Crippen molar-refractivity contribution in [3.8, 4) is 17.9 Å². The van der Waals surface area contributed by atoms with Crippen LogP contribution in [-0.2, 0) is 0 Å². The normalized spacial score (nSPS) is 8.60. The second-order valence-corrected chi connectivity index (χ2v) is 3.26. The standard InChI is InChI=1S/C13H14N2/c1-3-4-5-10-15(2)13-8-6-12(11-14)7-9-13/h6-9H,5,10H2,1-2H3. The van der Waals surface area contributed by atoms with Gasteiger partial charge in [-0.2, -0.15) is 5.26 Å². The van der Waals surface area contributed by atoms with Gasteiger partial charge >= 0.3 is 0 Å². The molecule has 0 saturated heterocycles. The Labute approximate surface area is 91.1 Å². The van der Waals surface area contributed by atoms with Crippen LogP contribution in [0.4, 0.5) is 5.69 Å². The minimum absolute atomic E-state index is 0.695. The van der Waals surface area contributed by atoms with E-state index in [9.17, 15) is 0 Å². The Morgan fingerprint density at radius 1 is 1.27 bits per heavy atom. The van der Waals surface area contributed by atoms with Crippen molar-refractivity contribution in [2.24, 2.45) is 0 Å². The lowest BCUT2D eigenvalue weighted by Gasteiger charge is -2.17. The molecule has 0 fully saturated rings. The molecule has 1 rings (SSSR count). The SMILES string of the molecule is CC#CCCN(C)c1ccc(C#N)cc1. The first-order chi connectivity index (χ1) is 7.27. The van der Waals surface area contributed by atoms with E-state index >= 15 is 0 Å². The lowest BCUT2D eigenvalue weighted by molar-refractivity contribution is 0.912. The molecule has 1 aromatic rings. The molecule has 0 spiro atoms. The molecule has 0 N–H and O–H groups in total. The maximum atomic E-state index is 8.66. The van der Waals surface area contributed by atoms with Crippen LogP contribution in [0, 0.1) is 23.2 Å². The third-order valence-electron chi connectivity index (χ3n) is 2.19. The number of nitrogens with zero attached hydrogens (tertiary/aromatic N) is 2. The smallest absolute Gasteiger partial charge is 0.0991 e. The quantitative estimate of drug-likeness (QED) is 0.697. The van der Waals surface area contributed by atoms with E-state index in [1.807, 2.05) is 38.2 Å². The minimum Gasteiger partial charge on any atom is -0.374 e. The Kier molecular flexibility index (Phi) is 4.26. The van der Waals surface area contributed by atoms with Crippen molar-refractivity contribution >= 4 is 5.69 Å². The Bertz CT molecular complexity index is 401. The van der Waals surface area contributed by atoms with Crippen molar-refractivity contribution in [3.05, 3.63) is 29.8 Å². The highest BCUT2D eigenvalue weighted by Gasteiger charge is 1.98. The molecule has 0 bridgehead atoms. The molecule has 0 aliphatic heterocycles. The number of rotatable bonds is 3. The molecule has 0 radical (unpaired) electrons. The average molecular weight is 198 g/mol. The fourth-order valence-electron chi connectivity index (χ4n) is 1.27. The number of hydrogen-bond acceptors (Lipinski definition) is 2. The van der Waals surface area contributed by atoms with Gasteiger partial charge < -0.3 is 4.90 Å². The molecular weight excluding hydrogens is 184 g/mol. The van der Waals surface area contributed by atoms with E-state index in [4.69, 9.17) is 5.26 Å². The summed E-state index contributed by atoms with van der Waals surface area (Å²) in [5.74, 6) is 5.90. The molecule has 0 heterocycles. The second kappa shape index (κ2) is 5.73. The first-order valence-electron chi connectivity index (χ1n) is 4.89. The summed E-state index contributed by atoms with van der Waals surface area (Å²) in [5.41, 5.74) is 1.81. The summed E-state index contributed by atoms with van der Waals surface area (Å²) < 4.78 is 0. The third kappa shape index (κ3) is 3.37. The molecule has 2 heteroatoms. The van der Waals surface area contributed by atoms with Crippen LogP contribution in [0.2, 0.25) is 0 Å². The summed E-state index contributed by atoms with van der Waals surface area (Å²) in [7, 11) is 2.03. The Morgan fingerprint density at radius 2 is 1.93 bits per heavy atom. The van der Waals surface area contributed by atoms with Crippen LogP contribution >= 0.6 is 0 Å². The van der Waals surface area contributed by atoms with Gasteiger partial charge in [-0.05, 0) is 31.2 Å². The maximum Gasteiger partial charge on any atom is 0.0991 e. The number of benzene rings is 1. The zero-order valence-corrected chi connectivity index (χ0v) is 9.12. The van der Waals surface area contributed by atoms with Gasteiger partial charge in [-0.1, -0.05) is 0 Å². The van der Waals surface area contributed by atoms with E-state index in [-0.39, 0.29) is 0 Å². The zero-order chi connectivity index (χ0) is 11.1. The van der Waals surface area contributed by atoms with Crippen molar-refractivity contribution in [2.45, 2.75) is 13.3 Å². The fraction of sp³-hybridized carbons (Fsp3) is 0.308. The molecule has 0 aliphatic carbocycles. The molecule has 76 valence electrons. The minimum atomic E-state index is 0.695. The molecule has 1 aromatic carbocycles. The molecule has 0 atom stereocenters. The van der Waals surface area contributed by atoms with Crippen molar-refractivity contribution < 1.29 is 0 Å². The molecular formula is C13H14N2. The first-order valence-corrected chi connectivity index (χ1v) is 4.89. The van der Waals surface area contributed by atoms with Gasteiger partial charge in [0.1, 0.15) is 0 Å². The Morgan fingerprint density at radius 3 is 2.47 bits per heavy atom. The molecule has 0 amide bonds. The van der Waals surface area contributed by atoms with Crippen molar-refractivity contribution in [2.75, 3.05) is 18.5 Å². The van der Waals surface area contributed by atoms with Gasteiger partial charge in [0.05, 0.1) is 11.6 Å². The van der Waals surface area contributed by atoms with Crippen molar-refractivity contribution in [1.29, 1.82) is 5.26 Å². The molecule has 0 aromatic heterocycles. The summed E-state index contributed by atoms with van der Waals surface area (Å²) in [5, 5.41) is 8.66. The van der Waals surface area contributed by atoms with Crippen LogP contribution in [-0.4, -0.2) is 13.6 Å². The number of anilines is 1. The van der Waals surface area contributed by atoms with Crippen molar-refractivity contribution in [3.63, 3.8) is 0 Å². The van der Waals surface area contributed by atoms with Gasteiger partial charge in [0.25, 0.3) is 0 Å². The predicted octanol–water partition coefficient (Wildman–Crippen LogP) is 2.41. The molecule has 0 saturated carbocycles.